The summed E-state index contributed by atoms with van der Waals surface area (Å²) < 4.78 is 1.01. The molecular weight excluding hydrogens is 312 g/mol. The second kappa shape index (κ2) is 6.45. The number of fused-ring (bicyclic) bond motifs is 1. The number of hydrogen-bond acceptors (Lipinski definition) is 4. The molecule has 7 heteroatoms. The van der Waals surface area contributed by atoms with Crippen LogP contribution in [0, 0.1) is 0 Å². The van der Waals surface area contributed by atoms with Crippen molar-refractivity contribution in [1.29, 1.82) is 0 Å². The highest BCUT2D eigenvalue weighted by Gasteiger charge is 2.08. The molecule has 0 radical (unpaired) electrons. The van der Waals surface area contributed by atoms with Gasteiger partial charge in [0.25, 0.3) is 0 Å². The van der Waals surface area contributed by atoms with Crippen molar-refractivity contribution >= 4 is 50.0 Å². The first-order chi connectivity index (χ1) is 11.1. The van der Waals surface area contributed by atoms with Gasteiger partial charge in [0.1, 0.15) is 0 Å². The second-order valence-corrected chi connectivity index (χ2v) is 5.86. The van der Waals surface area contributed by atoms with Gasteiger partial charge in [0.2, 0.25) is 5.91 Å². The van der Waals surface area contributed by atoms with Gasteiger partial charge in [-0.15, -0.1) is 0 Å². The summed E-state index contributed by atoms with van der Waals surface area (Å²) in [7, 11) is 0. The van der Waals surface area contributed by atoms with Crippen LogP contribution in [0.4, 0.5) is 21.3 Å². The van der Waals surface area contributed by atoms with E-state index in [1.165, 1.54) is 18.3 Å². The third kappa shape index (κ3) is 3.83. The largest absolute Gasteiger partial charge is 0.326 e. The average Bonchev–Trinajstić information content (AvgIpc) is 2.88. The van der Waals surface area contributed by atoms with Crippen molar-refractivity contribution in [1.82, 2.24) is 4.98 Å². The van der Waals surface area contributed by atoms with E-state index in [0.717, 1.165) is 10.2 Å². The minimum absolute atomic E-state index is 0.166. The van der Waals surface area contributed by atoms with Gasteiger partial charge in [-0.25, -0.2) is 9.78 Å². The fourth-order valence-corrected chi connectivity index (χ4v) is 2.92. The monoisotopic (exact) mass is 326 g/mol. The van der Waals surface area contributed by atoms with Crippen LogP contribution in [0.25, 0.3) is 10.2 Å². The molecule has 0 saturated heterocycles. The molecule has 3 aromatic rings. The molecule has 2 aromatic carbocycles. The van der Waals surface area contributed by atoms with Crippen molar-refractivity contribution in [3.05, 3.63) is 48.5 Å². The van der Waals surface area contributed by atoms with Crippen LogP contribution < -0.4 is 16.0 Å². The SMILES string of the molecule is CC(=O)Nc1cccc(NC(=O)Nc2nc3ccccc3s2)c1. The number of benzene rings is 2. The predicted octanol–water partition coefficient (Wildman–Crippen LogP) is 3.90. The summed E-state index contributed by atoms with van der Waals surface area (Å²) in [5, 5.41) is 8.62. The fourth-order valence-electron chi connectivity index (χ4n) is 2.06. The Kier molecular flexibility index (Phi) is 4.20. The number of para-hydroxylation sites is 1. The molecular formula is C16H14N4O2S. The summed E-state index contributed by atoms with van der Waals surface area (Å²) in [5.74, 6) is -0.166. The zero-order chi connectivity index (χ0) is 16.2. The Hall–Kier alpha value is -2.93. The summed E-state index contributed by atoms with van der Waals surface area (Å²) in [6.45, 7) is 1.43. The average molecular weight is 326 g/mol. The van der Waals surface area contributed by atoms with Crippen LogP contribution in [0.1, 0.15) is 6.92 Å². The number of nitrogens with zero attached hydrogens (tertiary/aromatic N) is 1. The number of anilines is 3. The van der Waals surface area contributed by atoms with E-state index in [1.54, 1.807) is 24.3 Å². The van der Waals surface area contributed by atoms with Crippen LogP contribution in [0.5, 0.6) is 0 Å². The minimum atomic E-state index is -0.385. The van der Waals surface area contributed by atoms with Crippen LogP contribution in [0.3, 0.4) is 0 Å². The highest BCUT2D eigenvalue weighted by atomic mass is 32.1. The molecule has 3 N–H and O–H groups in total. The predicted molar refractivity (Wildman–Crippen MR) is 93.0 cm³/mol. The standard InChI is InChI=1S/C16H14N4O2S/c1-10(21)17-11-5-4-6-12(9-11)18-15(22)20-16-19-13-7-2-3-8-14(13)23-16/h2-9H,1H3,(H,17,21)(H2,18,19,20,22). The molecule has 0 bridgehead atoms. The van der Waals surface area contributed by atoms with Crippen molar-refractivity contribution in [3.63, 3.8) is 0 Å². The van der Waals surface area contributed by atoms with Crippen molar-refractivity contribution in [2.24, 2.45) is 0 Å². The summed E-state index contributed by atoms with van der Waals surface area (Å²) in [5.41, 5.74) is 2.05. The lowest BCUT2D eigenvalue weighted by atomic mass is 10.3. The lowest BCUT2D eigenvalue weighted by Gasteiger charge is -2.07. The summed E-state index contributed by atoms with van der Waals surface area (Å²) >= 11 is 1.41. The van der Waals surface area contributed by atoms with E-state index in [1.807, 2.05) is 24.3 Å². The van der Waals surface area contributed by atoms with Gasteiger partial charge in [-0.2, -0.15) is 0 Å². The summed E-state index contributed by atoms with van der Waals surface area (Å²) in [6.07, 6.45) is 0. The van der Waals surface area contributed by atoms with E-state index in [2.05, 4.69) is 20.9 Å². The van der Waals surface area contributed by atoms with E-state index < -0.39 is 0 Å². The van der Waals surface area contributed by atoms with Crippen molar-refractivity contribution < 1.29 is 9.59 Å². The van der Waals surface area contributed by atoms with Crippen LogP contribution in [-0.2, 0) is 4.79 Å². The zero-order valence-electron chi connectivity index (χ0n) is 12.3. The van der Waals surface area contributed by atoms with Gasteiger partial charge in [-0.3, -0.25) is 10.1 Å². The Labute approximate surface area is 136 Å². The lowest BCUT2D eigenvalue weighted by Crippen LogP contribution is -2.19. The van der Waals surface area contributed by atoms with Crippen molar-refractivity contribution in [3.8, 4) is 0 Å². The molecule has 1 aromatic heterocycles. The number of nitrogens with one attached hydrogen (secondary N) is 3. The number of hydrogen-bond donors (Lipinski definition) is 3. The number of amides is 3. The van der Waals surface area contributed by atoms with Gasteiger partial charge in [0, 0.05) is 18.3 Å². The van der Waals surface area contributed by atoms with Gasteiger partial charge in [0.15, 0.2) is 5.13 Å². The molecule has 3 rings (SSSR count). The molecule has 0 saturated carbocycles. The Balaban J connectivity index is 1.68. The van der Waals surface area contributed by atoms with Gasteiger partial charge in [-0.1, -0.05) is 29.5 Å². The third-order valence-electron chi connectivity index (χ3n) is 2.96. The summed E-state index contributed by atoms with van der Waals surface area (Å²) in [4.78, 5) is 27.4. The zero-order valence-corrected chi connectivity index (χ0v) is 13.1. The van der Waals surface area contributed by atoms with Crippen molar-refractivity contribution in [2.45, 2.75) is 6.92 Å². The number of carbonyl (C=O) groups is 2. The molecule has 3 amide bonds. The summed E-state index contributed by atoms with van der Waals surface area (Å²) in [6, 6.07) is 14.2. The van der Waals surface area contributed by atoms with E-state index in [-0.39, 0.29) is 11.9 Å². The van der Waals surface area contributed by atoms with Gasteiger partial charge < -0.3 is 10.6 Å². The maximum atomic E-state index is 12.0. The minimum Gasteiger partial charge on any atom is -0.326 e. The molecule has 0 spiro atoms. The normalized spacial score (nSPS) is 10.3. The topological polar surface area (TPSA) is 83.1 Å². The Morgan fingerprint density at radius 2 is 1.70 bits per heavy atom. The number of thiazole rings is 1. The smallest absolute Gasteiger partial charge is 0.325 e. The quantitative estimate of drug-likeness (QED) is 0.682. The van der Waals surface area contributed by atoms with Crippen LogP contribution in [-0.4, -0.2) is 16.9 Å². The first-order valence-corrected chi connectivity index (χ1v) is 7.73. The van der Waals surface area contributed by atoms with E-state index in [0.29, 0.717) is 16.5 Å². The second-order valence-electron chi connectivity index (χ2n) is 4.83. The molecule has 1 heterocycles. The van der Waals surface area contributed by atoms with Gasteiger partial charge in [-0.05, 0) is 30.3 Å². The third-order valence-corrected chi connectivity index (χ3v) is 3.91. The molecule has 23 heavy (non-hydrogen) atoms. The Bertz CT molecular complexity index is 842. The number of aromatic nitrogens is 1. The highest BCUT2D eigenvalue weighted by Crippen LogP contribution is 2.25. The van der Waals surface area contributed by atoms with E-state index in [9.17, 15) is 9.59 Å². The lowest BCUT2D eigenvalue weighted by molar-refractivity contribution is -0.114. The molecule has 0 unspecified atom stereocenters. The van der Waals surface area contributed by atoms with E-state index >= 15 is 0 Å². The number of urea groups is 1. The highest BCUT2D eigenvalue weighted by molar-refractivity contribution is 7.22. The van der Waals surface area contributed by atoms with Gasteiger partial charge >= 0.3 is 6.03 Å². The van der Waals surface area contributed by atoms with E-state index in [4.69, 9.17) is 0 Å². The number of rotatable bonds is 3. The fraction of sp³-hybridized carbons (Fsp3) is 0.0625. The maximum Gasteiger partial charge on any atom is 0.325 e. The molecule has 0 aliphatic carbocycles. The molecule has 0 aliphatic rings. The van der Waals surface area contributed by atoms with Gasteiger partial charge in [0.05, 0.1) is 10.2 Å². The van der Waals surface area contributed by atoms with Crippen LogP contribution in [0.15, 0.2) is 48.5 Å². The maximum absolute atomic E-state index is 12.0. The van der Waals surface area contributed by atoms with Crippen LogP contribution >= 0.6 is 11.3 Å². The molecule has 6 nitrogen and oxygen atoms in total. The first-order valence-electron chi connectivity index (χ1n) is 6.91. The van der Waals surface area contributed by atoms with Crippen molar-refractivity contribution in [2.75, 3.05) is 16.0 Å². The molecule has 0 atom stereocenters. The Morgan fingerprint density at radius 1 is 0.957 bits per heavy atom. The molecule has 0 aliphatic heterocycles. The van der Waals surface area contributed by atoms with Crippen LogP contribution in [0.2, 0.25) is 0 Å². The number of carbonyl (C=O) groups excluding carboxylic acids is 2. The molecule has 0 fully saturated rings. The molecule has 116 valence electrons. The first kappa shape index (κ1) is 15.0. The Morgan fingerprint density at radius 3 is 2.43 bits per heavy atom.